The van der Waals surface area contributed by atoms with E-state index in [9.17, 15) is 4.79 Å². The van der Waals surface area contributed by atoms with Crippen LogP contribution in [0, 0.1) is 13.8 Å². The minimum Gasteiger partial charge on any atom is -0.486 e. The molecule has 0 saturated carbocycles. The highest BCUT2D eigenvalue weighted by atomic mass is 16.5. The zero-order valence-electron chi connectivity index (χ0n) is 11.1. The predicted molar refractivity (Wildman–Crippen MR) is 73.0 cm³/mol. The molecule has 3 N–H and O–H groups in total. The molecule has 0 fully saturated rings. The summed E-state index contributed by atoms with van der Waals surface area (Å²) < 4.78 is 5.63. The molecule has 0 saturated heterocycles. The second-order valence-electron chi connectivity index (χ2n) is 4.50. The maximum absolute atomic E-state index is 11.4. The number of rotatable bonds is 4. The molecule has 0 aliphatic heterocycles. The highest BCUT2D eigenvalue weighted by Crippen LogP contribution is 2.16. The van der Waals surface area contributed by atoms with Gasteiger partial charge in [-0.15, -0.1) is 0 Å². The number of hydrogen-bond acceptors (Lipinski definition) is 4. The van der Waals surface area contributed by atoms with Gasteiger partial charge in [-0.1, -0.05) is 6.07 Å². The number of aromatic nitrogens is 2. The van der Waals surface area contributed by atoms with E-state index < -0.39 is 0 Å². The Labute approximate surface area is 111 Å². The van der Waals surface area contributed by atoms with Crippen molar-refractivity contribution in [1.29, 1.82) is 0 Å². The number of nitrogens with zero attached hydrogens (tertiary/aromatic N) is 1. The predicted octanol–water partition coefficient (Wildman–Crippen LogP) is 1.42. The van der Waals surface area contributed by atoms with Gasteiger partial charge in [-0.3, -0.25) is 4.79 Å². The molecule has 5 nitrogen and oxygen atoms in total. The van der Waals surface area contributed by atoms with Crippen LogP contribution in [0.1, 0.15) is 22.6 Å². The smallest absolute Gasteiger partial charge is 0.251 e. The zero-order chi connectivity index (χ0) is 13.8. The van der Waals surface area contributed by atoms with Crippen LogP contribution in [0.4, 0.5) is 0 Å². The molecule has 0 unspecified atom stereocenters. The lowest BCUT2D eigenvalue weighted by Crippen LogP contribution is -2.16. The van der Waals surface area contributed by atoms with Crippen molar-refractivity contribution in [2.45, 2.75) is 27.0 Å². The fourth-order valence-electron chi connectivity index (χ4n) is 1.90. The molecular weight excluding hydrogens is 242 g/mol. The van der Waals surface area contributed by atoms with Gasteiger partial charge < -0.3 is 15.5 Å². The van der Waals surface area contributed by atoms with Crippen LogP contribution >= 0.6 is 0 Å². The molecule has 19 heavy (non-hydrogen) atoms. The number of aromatic amines is 1. The van der Waals surface area contributed by atoms with Crippen LogP contribution in [0.3, 0.4) is 0 Å². The van der Waals surface area contributed by atoms with Crippen molar-refractivity contribution in [3.63, 3.8) is 0 Å². The first-order valence-corrected chi connectivity index (χ1v) is 6.07. The highest BCUT2D eigenvalue weighted by molar-refractivity contribution is 5.33. The third-order valence-corrected chi connectivity index (χ3v) is 2.62. The Balaban J connectivity index is 2.14. The van der Waals surface area contributed by atoms with Gasteiger partial charge in [-0.05, 0) is 37.1 Å². The van der Waals surface area contributed by atoms with Crippen molar-refractivity contribution < 1.29 is 4.74 Å². The fourth-order valence-corrected chi connectivity index (χ4v) is 1.90. The van der Waals surface area contributed by atoms with Gasteiger partial charge in [0.15, 0.2) is 0 Å². The van der Waals surface area contributed by atoms with E-state index in [1.54, 1.807) is 0 Å². The van der Waals surface area contributed by atoms with E-state index in [0.29, 0.717) is 11.5 Å². The number of nitrogens with one attached hydrogen (secondary N) is 1. The Morgan fingerprint density at radius 2 is 1.89 bits per heavy atom. The van der Waals surface area contributed by atoms with Crippen molar-refractivity contribution in [1.82, 2.24) is 9.97 Å². The van der Waals surface area contributed by atoms with Crippen LogP contribution in [0.25, 0.3) is 0 Å². The maximum atomic E-state index is 11.4. The zero-order valence-corrected chi connectivity index (χ0v) is 11.1. The molecule has 0 aliphatic carbocycles. The summed E-state index contributed by atoms with van der Waals surface area (Å²) in [6, 6.07) is 7.35. The highest BCUT2D eigenvalue weighted by Gasteiger charge is 2.02. The van der Waals surface area contributed by atoms with Gasteiger partial charge in [0.2, 0.25) is 0 Å². The molecule has 2 rings (SSSR count). The first-order chi connectivity index (χ1) is 9.06. The van der Waals surface area contributed by atoms with Crippen LogP contribution in [-0.2, 0) is 13.2 Å². The van der Waals surface area contributed by atoms with Gasteiger partial charge in [-0.2, -0.15) is 0 Å². The van der Waals surface area contributed by atoms with E-state index in [1.165, 1.54) is 6.07 Å². The van der Waals surface area contributed by atoms with Gasteiger partial charge in [0.05, 0.1) is 5.69 Å². The van der Waals surface area contributed by atoms with E-state index in [4.69, 9.17) is 10.5 Å². The van der Waals surface area contributed by atoms with E-state index in [2.05, 4.69) is 16.0 Å². The van der Waals surface area contributed by atoms with Crippen molar-refractivity contribution in [3.8, 4) is 5.75 Å². The van der Waals surface area contributed by atoms with Gasteiger partial charge in [-0.25, -0.2) is 4.98 Å². The molecule has 5 heteroatoms. The van der Waals surface area contributed by atoms with Crippen LogP contribution < -0.4 is 16.0 Å². The lowest BCUT2D eigenvalue weighted by atomic mass is 10.1. The molecule has 0 aliphatic rings. The van der Waals surface area contributed by atoms with E-state index >= 15 is 0 Å². The summed E-state index contributed by atoms with van der Waals surface area (Å²) in [6.07, 6.45) is 0. The molecule has 2 aromatic rings. The molecule has 0 atom stereocenters. The van der Waals surface area contributed by atoms with Crippen LogP contribution in [0.2, 0.25) is 0 Å². The topological polar surface area (TPSA) is 81.0 Å². The number of H-pyrrole nitrogens is 1. The lowest BCUT2D eigenvalue weighted by Gasteiger charge is -2.08. The molecule has 0 amide bonds. The molecule has 1 aromatic heterocycles. The second kappa shape index (κ2) is 5.67. The van der Waals surface area contributed by atoms with E-state index in [0.717, 1.165) is 16.9 Å². The molecule has 0 radical (unpaired) electrons. The van der Waals surface area contributed by atoms with Crippen molar-refractivity contribution in [2.24, 2.45) is 5.73 Å². The number of hydrogen-bond donors (Lipinski definition) is 2. The van der Waals surface area contributed by atoms with Gasteiger partial charge in [0.25, 0.3) is 5.56 Å². The SMILES string of the molecule is Cc1cc(C)cc(OCc2nc(CN)cc(=O)[nH]2)c1. The number of benzene rings is 1. The average Bonchev–Trinajstić information content (AvgIpc) is 2.34. The summed E-state index contributed by atoms with van der Waals surface area (Å²) in [4.78, 5) is 18.2. The van der Waals surface area contributed by atoms with Crippen LogP contribution in [-0.4, -0.2) is 9.97 Å². The normalized spacial score (nSPS) is 10.5. The molecule has 1 heterocycles. The Morgan fingerprint density at radius 1 is 1.21 bits per heavy atom. The molecule has 100 valence electrons. The van der Waals surface area contributed by atoms with Crippen molar-refractivity contribution >= 4 is 0 Å². The maximum Gasteiger partial charge on any atom is 0.251 e. The van der Waals surface area contributed by atoms with Crippen LogP contribution in [0.5, 0.6) is 5.75 Å². The lowest BCUT2D eigenvalue weighted by molar-refractivity contribution is 0.294. The number of aryl methyl sites for hydroxylation is 2. The molecule has 0 bridgehead atoms. The minimum absolute atomic E-state index is 0.213. The summed E-state index contributed by atoms with van der Waals surface area (Å²) in [5.74, 6) is 1.24. The standard InChI is InChI=1S/C14H17N3O2/c1-9-3-10(2)5-12(4-9)19-8-13-16-11(7-15)6-14(18)17-13/h3-6H,7-8,15H2,1-2H3,(H,16,17,18). The number of ether oxygens (including phenoxy) is 1. The Hall–Kier alpha value is -2.14. The van der Waals surface area contributed by atoms with Crippen LogP contribution in [0.15, 0.2) is 29.1 Å². The van der Waals surface area contributed by atoms with Crippen molar-refractivity contribution in [2.75, 3.05) is 0 Å². The summed E-state index contributed by atoms with van der Waals surface area (Å²) in [5, 5.41) is 0. The Morgan fingerprint density at radius 3 is 2.53 bits per heavy atom. The Kier molecular flexibility index (Phi) is 3.97. The van der Waals surface area contributed by atoms with E-state index in [1.807, 2.05) is 26.0 Å². The van der Waals surface area contributed by atoms with Gasteiger partial charge >= 0.3 is 0 Å². The number of nitrogens with two attached hydrogens (primary N) is 1. The largest absolute Gasteiger partial charge is 0.486 e. The average molecular weight is 259 g/mol. The summed E-state index contributed by atoms with van der Waals surface area (Å²) in [5.41, 5.74) is 8.09. The monoisotopic (exact) mass is 259 g/mol. The quantitative estimate of drug-likeness (QED) is 0.870. The van der Waals surface area contributed by atoms with E-state index in [-0.39, 0.29) is 18.7 Å². The van der Waals surface area contributed by atoms with Gasteiger partial charge in [0, 0.05) is 12.6 Å². The van der Waals surface area contributed by atoms with Crippen molar-refractivity contribution in [3.05, 3.63) is 57.3 Å². The summed E-state index contributed by atoms with van der Waals surface area (Å²) >= 11 is 0. The minimum atomic E-state index is -0.213. The van der Waals surface area contributed by atoms with Gasteiger partial charge in [0.1, 0.15) is 18.2 Å². The fraction of sp³-hybridized carbons (Fsp3) is 0.286. The summed E-state index contributed by atoms with van der Waals surface area (Å²) in [7, 11) is 0. The second-order valence-corrected chi connectivity index (χ2v) is 4.50. The molecule has 1 aromatic carbocycles. The third-order valence-electron chi connectivity index (χ3n) is 2.62. The first kappa shape index (κ1) is 13.3. The Bertz CT molecular complexity index is 615. The molecule has 0 spiro atoms. The summed E-state index contributed by atoms with van der Waals surface area (Å²) in [6.45, 7) is 4.47. The molecular formula is C14H17N3O2. The first-order valence-electron chi connectivity index (χ1n) is 6.07. The third kappa shape index (κ3) is 3.66.